The van der Waals surface area contributed by atoms with Gasteiger partial charge in [-0.3, -0.25) is 10.1 Å². The minimum absolute atomic E-state index is 0.0905. The highest BCUT2D eigenvalue weighted by atomic mass is 16.2. The number of nitrogens with zero attached hydrogens (tertiary/aromatic N) is 1. The van der Waals surface area contributed by atoms with Gasteiger partial charge in [0.2, 0.25) is 5.91 Å². The molecule has 1 aliphatic heterocycles. The average Bonchev–Trinajstić information content (AvgIpc) is 3.22. The Bertz CT molecular complexity index is 539. The molecule has 112 valence electrons. The molecule has 2 aliphatic carbocycles. The van der Waals surface area contributed by atoms with Crippen molar-refractivity contribution >= 4 is 5.91 Å². The van der Waals surface area contributed by atoms with Crippen LogP contribution in [0.4, 0.5) is 0 Å². The van der Waals surface area contributed by atoms with Crippen LogP contribution in [0.2, 0.25) is 0 Å². The predicted molar refractivity (Wildman–Crippen MR) is 82.6 cm³/mol. The van der Waals surface area contributed by atoms with Gasteiger partial charge < -0.3 is 4.90 Å². The van der Waals surface area contributed by atoms with Gasteiger partial charge in [0.25, 0.3) is 0 Å². The third-order valence-corrected chi connectivity index (χ3v) is 5.77. The molecule has 1 saturated heterocycles. The molecule has 0 aromatic heterocycles. The first-order valence-corrected chi connectivity index (χ1v) is 8.39. The van der Waals surface area contributed by atoms with Crippen LogP contribution in [0.3, 0.4) is 0 Å². The summed E-state index contributed by atoms with van der Waals surface area (Å²) in [6.45, 7) is 2.67. The quantitative estimate of drug-likeness (QED) is 0.925. The van der Waals surface area contributed by atoms with E-state index in [0.717, 1.165) is 18.3 Å². The number of amides is 1. The molecule has 4 unspecified atom stereocenters. The Balaban J connectivity index is 1.59. The van der Waals surface area contributed by atoms with Crippen molar-refractivity contribution in [1.29, 1.82) is 0 Å². The van der Waals surface area contributed by atoms with E-state index < -0.39 is 0 Å². The number of carbonyl (C=O) groups excluding carboxylic acids is 1. The van der Waals surface area contributed by atoms with Crippen LogP contribution in [0.5, 0.6) is 0 Å². The highest BCUT2D eigenvalue weighted by Gasteiger charge is 2.47. The van der Waals surface area contributed by atoms with Crippen molar-refractivity contribution in [1.82, 2.24) is 10.2 Å². The number of benzene rings is 1. The molecule has 2 saturated carbocycles. The van der Waals surface area contributed by atoms with E-state index in [-0.39, 0.29) is 12.1 Å². The second kappa shape index (κ2) is 5.13. The maximum atomic E-state index is 12.4. The summed E-state index contributed by atoms with van der Waals surface area (Å²) in [5.41, 5.74) is 2.59. The van der Waals surface area contributed by atoms with Gasteiger partial charge in [-0.25, -0.2) is 0 Å². The molecular weight excluding hydrogens is 260 g/mol. The Morgan fingerprint density at radius 3 is 2.62 bits per heavy atom. The van der Waals surface area contributed by atoms with Gasteiger partial charge in [-0.2, -0.15) is 0 Å². The lowest BCUT2D eigenvalue weighted by Crippen LogP contribution is -2.42. The average molecular weight is 284 g/mol. The Morgan fingerprint density at radius 1 is 1.19 bits per heavy atom. The SMILES string of the molecule is CCc1ccc(C2NCC(=O)N2C2CC3CCC2C3)cc1. The molecule has 1 N–H and O–H groups in total. The van der Waals surface area contributed by atoms with Crippen LogP contribution < -0.4 is 5.32 Å². The molecule has 1 amide bonds. The molecule has 0 spiro atoms. The molecule has 4 rings (SSSR count). The number of hydrogen-bond donors (Lipinski definition) is 1. The summed E-state index contributed by atoms with van der Waals surface area (Å²) < 4.78 is 0. The van der Waals surface area contributed by atoms with Crippen molar-refractivity contribution in [2.45, 2.75) is 51.2 Å². The molecule has 21 heavy (non-hydrogen) atoms. The predicted octanol–water partition coefficient (Wildman–Crippen LogP) is 2.87. The molecule has 1 heterocycles. The van der Waals surface area contributed by atoms with Crippen LogP contribution in [0.15, 0.2) is 24.3 Å². The number of nitrogens with one attached hydrogen (secondary N) is 1. The fourth-order valence-electron chi connectivity index (χ4n) is 4.66. The van der Waals surface area contributed by atoms with Gasteiger partial charge >= 0.3 is 0 Å². The molecule has 3 fully saturated rings. The van der Waals surface area contributed by atoms with Crippen LogP contribution in [0.1, 0.15) is 49.9 Å². The number of rotatable bonds is 3. The van der Waals surface area contributed by atoms with Gasteiger partial charge in [-0.05, 0) is 48.6 Å². The van der Waals surface area contributed by atoms with Gasteiger partial charge in [-0.1, -0.05) is 37.6 Å². The molecule has 3 aliphatic rings. The standard InChI is InChI=1S/C18H24N2O/c1-2-12-3-6-14(7-4-12)18-19-11-17(21)20(18)16-10-13-5-8-15(16)9-13/h3-4,6-7,13,15-16,18-19H,2,5,8-11H2,1H3. The van der Waals surface area contributed by atoms with E-state index in [1.807, 2.05) is 0 Å². The van der Waals surface area contributed by atoms with Crippen LogP contribution in [0, 0.1) is 11.8 Å². The highest BCUT2D eigenvalue weighted by molar-refractivity contribution is 5.81. The Hall–Kier alpha value is -1.35. The lowest BCUT2D eigenvalue weighted by Gasteiger charge is -2.35. The normalized spacial score (nSPS) is 34.9. The zero-order valence-corrected chi connectivity index (χ0v) is 12.7. The molecule has 3 heteroatoms. The van der Waals surface area contributed by atoms with E-state index in [1.54, 1.807) is 0 Å². The molecular formula is C18H24N2O. The van der Waals surface area contributed by atoms with Crippen molar-refractivity contribution < 1.29 is 4.79 Å². The molecule has 1 aromatic rings. The minimum atomic E-state index is 0.0905. The summed E-state index contributed by atoms with van der Waals surface area (Å²) in [6.07, 6.45) is 6.42. The van der Waals surface area contributed by atoms with Crippen molar-refractivity contribution in [3.05, 3.63) is 35.4 Å². The van der Waals surface area contributed by atoms with Crippen molar-refractivity contribution in [2.75, 3.05) is 6.54 Å². The highest BCUT2D eigenvalue weighted by Crippen LogP contribution is 2.48. The third-order valence-electron chi connectivity index (χ3n) is 5.77. The van der Waals surface area contributed by atoms with E-state index in [0.29, 0.717) is 12.6 Å². The number of aryl methyl sites for hydroxylation is 1. The molecule has 3 nitrogen and oxygen atoms in total. The lowest BCUT2D eigenvalue weighted by molar-refractivity contribution is -0.131. The van der Waals surface area contributed by atoms with Crippen LogP contribution in [0.25, 0.3) is 0 Å². The summed E-state index contributed by atoms with van der Waals surface area (Å²) in [6, 6.07) is 9.24. The maximum Gasteiger partial charge on any atom is 0.238 e. The largest absolute Gasteiger partial charge is 0.319 e. The van der Waals surface area contributed by atoms with Crippen LogP contribution in [-0.2, 0) is 11.2 Å². The zero-order chi connectivity index (χ0) is 14.4. The third kappa shape index (κ3) is 2.18. The van der Waals surface area contributed by atoms with Crippen LogP contribution >= 0.6 is 0 Å². The number of fused-ring (bicyclic) bond motifs is 2. The van der Waals surface area contributed by atoms with Gasteiger partial charge in [0.05, 0.1) is 6.54 Å². The van der Waals surface area contributed by atoms with Gasteiger partial charge in [0, 0.05) is 6.04 Å². The van der Waals surface area contributed by atoms with Crippen LogP contribution in [-0.4, -0.2) is 23.4 Å². The summed E-state index contributed by atoms with van der Waals surface area (Å²) in [5.74, 6) is 1.91. The second-order valence-electron chi connectivity index (χ2n) is 6.92. The Kier molecular flexibility index (Phi) is 3.26. The summed E-state index contributed by atoms with van der Waals surface area (Å²) in [4.78, 5) is 14.6. The van der Waals surface area contributed by atoms with Crippen molar-refractivity contribution in [3.8, 4) is 0 Å². The van der Waals surface area contributed by atoms with Crippen molar-refractivity contribution in [3.63, 3.8) is 0 Å². The molecule has 2 bridgehead atoms. The second-order valence-corrected chi connectivity index (χ2v) is 6.92. The summed E-state index contributed by atoms with van der Waals surface area (Å²) in [7, 11) is 0. The van der Waals surface area contributed by atoms with Crippen molar-refractivity contribution in [2.24, 2.45) is 11.8 Å². The summed E-state index contributed by atoms with van der Waals surface area (Å²) >= 11 is 0. The summed E-state index contributed by atoms with van der Waals surface area (Å²) in [5, 5.41) is 3.42. The van der Waals surface area contributed by atoms with Gasteiger partial charge in [0.15, 0.2) is 0 Å². The smallest absolute Gasteiger partial charge is 0.238 e. The monoisotopic (exact) mass is 284 g/mol. The first kappa shape index (κ1) is 13.3. The first-order valence-electron chi connectivity index (χ1n) is 8.39. The van der Waals surface area contributed by atoms with Gasteiger partial charge in [0.1, 0.15) is 6.17 Å². The minimum Gasteiger partial charge on any atom is -0.319 e. The van der Waals surface area contributed by atoms with Gasteiger partial charge in [-0.15, -0.1) is 0 Å². The Morgan fingerprint density at radius 2 is 2.00 bits per heavy atom. The maximum absolute atomic E-state index is 12.4. The number of hydrogen-bond acceptors (Lipinski definition) is 2. The zero-order valence-electron chi connectivity index (χ0n) is 12.7. The Labute approximate surface area is 126 Å². The van der Waals surface area contributed by atoms with E-state index in [9.17, 15) is 4.79 Å². The molecule has 4 atom stereocenters. The van der Waals surface area contributed by atoms with E-state index in [1.165, 1.54) is 36.8 Å². The topological polar surface area (TPSA) is 32.3 Å². The van der Waals surface area contributed by atoms with E-state index in [4.69, 9.17) is 0 Å². The molecule has 0 radical (unpaired) electrons. The van der Waals surface area contributed by atoms with E-state index in [2.05, 4.69) is 41.4 Å². The fourth-order valence-corrected chi connectivity index (χ4v) is 4.66. The number of carbonyl (C=O) groups is 1. The fraction of sp³-hybridized carbons (Fsp3) is 0.611. The lowest BCUT2D eigenvalue weighted by atomic mass is 9.93. The van der Waals surface area contributed by atoms with E-state index >= 15 is 0 Å². The first-order chi connectivity index (χ1) is 10.3. The molecule has 1 aromatic carbocycles.